The summed E-state index contributed by atoms with van der Waals surface area (Å²) in [4.78, 5) is 14.4. The quantitative estimate of drug-likeness (QED) is 0.806. The molecule has 3 rings (SSSR count). The van der Waals surface area contributed by atoms with E-state index in [1.165, 1.54) is 0 Å². The van der Waals surface area contributed by atoms with Crippen LogP contribution in [-0.2, 0) is 0 Å². The Morgan fingerprint density at radius 3 is 3.22 bits per heavy atom. The van der Waals surface area contributed by atoms with E-state index in [0.717, 1.165) is 25.2 Å². The van der Waals surface area contributed by atoms with E-state index >= 15 is 0 Å². The van der Waals surface area contributed by atoms with Crippen molar-refractivity contribution in [3.05, 3.63) is 36.2 Å². The number of aromatic nitrogens is 2. The number of nitrogens with zero attached hydrogens (tertiary/aromatic N) is 3. The molecule has 1 amide bonds. The highest BCUT2D eigenvalue weighted by molar-refractivity contribution is 6.00. The Kier molecular flexibility index (Phi) is 2.76. The second-order valence-corrected chi connectivity index (χ2v) is 4.70. The van der Waals surface area contributed by atoms with Gasteiger partial charge in [-0.2, -0.15) is 5.10 Å². The van der Waals surface area contributed by atoms with Gasteiger partial charge in [0.2, 0.25) is 0 Å². The SMILES string of the molecule is C[C@H]1CN(C(=O)c2cnn3ccccc23)CCN1. The fraction of sp³-hybridized carbons (Fsp3) is 0.385. The molecule has 0 saturated carbocycles. The first-order valence-electron chi connectivity index (χ1n) is 6.21. The Bertz CT molecular complexity index is 577. The number of amides is 1. The van der Waals surface area contributed by atoms with Gasteiger partial charge in [0.1, 0.15) is 0 Å². The molecule has 1 fully saturated rings. The molecule has 0 aliphatic carbocycles. The molecule has 1 aliphatic heterocycles. The Hall–Kier alpha value is -1.88. The third kappa shape index (κ3) is 1.86. The van der Waals surface area contributed by atoms with Gasteiger partial charge in [-0.3, -0.25) is 4.79 Å². The van der Waals surface area contributed by atoms with Gasteiger partial charge < -0.3 is 10.2 Å². The van der Waals surface area contributed by atoms with E-state index in [1.807, 2.05) is 29.3 Å². The summed E-state index contributed by atoms with van der Waals surface area (Å²) in [7, 11) is 0. The van der Waals surface area contributed by atoms with Gasteiger partial charge in [0.15, 0.2) is 0 Å². The highest BCUT2D eigenvalue weighted by atomic mass is 16.2. The number of hydrogen-bond acceptors (Lipinski definition) is 3. The lowest BCUT2D eigenvalue weighted by Gasteiger charge is -2.31. The van der Waals surface area contributed by atoms with Crippen LogP contribution in [0.1, 0.15) is 17.3 Å². The zero-order valence-corrected chi connectivity index (χ0v) is 10.3. The number of nitrogens with one attached hydrogen (secondary N) is 1. The van der Waals surface area contributed by atoms with Crippen molar-refractivity contribution in [2.75, 3.05) is 19.6 Å². The van der Waals surface area contributed by atoms with E-state index in [1.54, 1.807) is 10.7 Å². The number of carbonyl (C=O) groups is 1. The van der Waals surface area contributed by atoms with Crippen LogP contribution < -0.4 is 5.32 Å². The summed E-state index contributed by atoms with van der Waals surface area (Å²) in [5.41, 5.74) is 1.55. The van der Waals surface area contributed by atoms with Crippen molar-refractivity contribution in [2.45, 2.75) is 13.0 Å². The van der Waals surface area contributed by atoms with Gasteiger partial charge in [-0.25, -0.2) is 4.52 Å². The van der Waals surface area contributed by atoms with Crippen LogP contribution in [0.25, 0.3) is 5.52 Å². The number of carbonyl (C=O) groups excluding carboxylic acids is 1. The normalized spacial score (nSPS) is 20.3. The molecule has 1 N–H and O–H groups in total. The lowest BCUT2D eigenvalue weighted by atomic mass is 10.2. The molecule has 0 aromatic carbocycles. The minimum atomic E-state index is 0.0737. The average Bonchev–Trinajstić information content (AvgIpc) is 2.82. The molecule has 2 aromatic rings. The number of fused-ring (bicyclic) bond motifs is 1. The third-order valence-corrected chi connectivity index (χ3v) is 3.31. The van der Waals surface area contributed by atoms with Crippen molar-refractivity contribution in [2.24, 2.45) is 0 Å². The average molecular weight is 244 g/mol. The van der Waals surface area contributed by atoms with Crippen LogP contribution in [0.4, 0.5) is 0 Å². The highest BCUT2D eigenvalue weighted by Gasteiger charge is 2.23. The van der Waals surface area contributed by atoms with Gasteiger partial charge in [0.25, 0.3) is 5.91 Å². The molecule has 2 aromatic heterocycles. The molecule has 0 bridgehead atoms. The van der Waals surface area contributed by atoms with E-state index < -0.39 is 0 Å². The van der Waals surface area contributed by atoms with Crippen LogP contribution in [0.5, 0.6) is 0 Å². The number of pyridine rings is 1. The lowest BCUT2D eigenvalue weighted by molar-refractivity contribution is 0.0711. The van der Waals surface area contributed by atoms with E-state index in [-0.39, 0.29) is 5.91 Å². The van der Waals surface area contributed by atoms with Crippen LogP contribution in [0.3, 0.4) is 0 Å². The van der Waals surface area contributed by atoms with Gasteiger partial charge in [0.05, 0.1) is 17.3 Å². The molecule has 5 heteroatoms. The Morgan fingerprint density at radius 2 is 2.39 bits per heavy atom. The van der Waals surface area contributed by atoms with E-state index in [4.69, 9.17) is 0 Å². The van der Waals surface area contributed by atoms with E-state index in [2.05, 4.69) is 17.3 Å². The maximum atomic E-state index is 12.5. The van der Waals surface area contributed by atoms with Crippen molar-refractivity contribution in [3.63, 3.8) is 0 Å². The summed E-state index contributed by atoms with van der Waals surface area (Å²) >= 11 is 0. The maximum absolute atomic E-state index is 12.5. The topological polar surface area (TPSA) is 49.6 Å². The first-order chi connectivity index (χ1) is 8.75. The molecule has 94 valence electrons. The summed E-state index contributed by atoms with van der Waals surface area (Å²) in [5, 5.41) is 7.54. The molecule has 1 saturated heterocycles. The lowest BCUT2D eigenvalue weighted by Crippen LogP contribution is -2.51. The molecular weight excluding hydrogens is 228 g/mol. The summed E-state index contributed by atoms with van der Waals surface area (Å²) < 4.78 is 1.73. The molecular formula is C13H16N4O. The van der Waals surface area contributed by atoms with Gasteiger partial charge in [-0.05, 0) is 19.1 Å². The fourth-order valence-electron chi connectivity index (χ4n) is 2.39. The molecule has 1 atom stereocenters. The fourth-order valence-corrected chi connectivity index (χ4v) is 2.39. The van der Waals surface area contributed by atoms with Crippen molar-refractivity contribution in [1.82, 2.24) is 19.8 Å². The maximum Gasteiger partial charge on any atom is 0.257 e. The van der Waals surface area contributed by atoms with Gasteiger partial charge in [-0.1, -0.05) is 6.07 Å². The monoisotopic (exact) mass is 244 g/mol. The van der Waals surface area contributed by atoms with Gasteiger partial charge >= 0.3 is 0 Å². The van der Waals surface area contributed by atoms with Crippen molar-refractivity contribution in [3.8, 4) is 0 Å². The predicted octanol–water partition coefficient (Wildman–Crippen LogP) is 0.768. The summed E-state index contributed by atoms with van der Waals surface area (Å²) in [6.45, 7) is 4.46. The second kappa shape index (κ2) is 4.42. The Balaban J connectivity index is 1.92. The largest absolute Gasteiger partial charge is 0.336 e. The standard InChI is InChI=1S/C13H16N4O/c1-10-9-16(7-5-14-10)13(18)11-8-15-17-6-3-2-4-12(11)17/h2-4,6,8,10,14H,5,7,9H2,1H3/t10-/m0/s1. The third-order valence-electron chi connectivity index (χ3n) is 3.31. The van der Waals surface area contributed by atoms with Crippen LogP contribution in [-0.4, -0.2) is 46.1 Å². The molecule has 0 radical (unpaired) electrons. The van der Waals surface area contributed by atoms with E-state index in [9.17, 15) is 4.79 Å². The molecule has 0 spiro atoms. The van der Waals surface area contributed by atoms with E-state index in [0.29, 0.717) is 11.6 Å². The van der Waals surface area contributed by atoms with Crippen LogP contribution in [0, 0.1) is 0 Å². The second-order valence-electron chi connectivity index (χ2n) is 4.70. The number of rotatable bonds is 1. The van der Waals surface area contributed by atoms with Crippen LogP contribution >= 0.6 is 0 Å². The first kappa shape index (κ1) is 11.2. The van der Waals surface area contributed by atoms with Gasteiger partial charge in [0, 0.05) is 31.9 Å². The molecule has 18 heavy (non-hydrogen) atoms. The Morgan fingerprint density at radius 1 is 1.50 bits per heavy atom. The minimum absolute atomic E-state index is 0.0737. The molecule has 5 nitrogen and oxygen atoms in total. The zero-order valence-electron chi connectivity index (χ0n) is 10.3. The van der Waals surface area contributed by atoms with Crippen molar-refractivity contribution in [1.29, 1.82) is 0 Å². The van der Waals surface area contributed by atoms with Gasteiger partial charge in [-0.15, -0.1) is 0 Å². The number of piperazine rings is 1. The number of hydrogen-bond donors (Lipinski definition) is 1. The van der Waals surface area contributed by atoms with Crippen molar-refractivity contribution >= 4 is 11.4 Å². The predicted molar refractivity (Wildman–Crippen MR) is 68.6 cm³/mol. The summed E-state index contributed by atoms with van der Waals surface area (Å²) in [5.74, 6) is 0.0737. The first-order valence-corrected chi connectivity index (χ1v) is 6.21. The summed E-state index contributed by atoms with van der Waals surface area (Å²) in [6.07, 6.45) is 3.51. The van der Waals surface area contributed by atoms with Crippen LogP contribution in [0.2, 0.25) is 0 Å². The van der Waals surface area contributed by atoms with Crippen LogP contribution in [0.15, 0.2) is 30.6 Å². The summed E-state index contributed by atoms with van der Waals surface area (Å²) in [6, 6.07) is 6.10. The highest BCUT2D eigenvalue weighted by Crippen LogP contribution is 2.14. The molecule has 3 heterocycles. The Labute approximate surface area is 105 Å². The minimum Gasteiger partial charge on any atom is -0.336 e. The van der Waals surface area contributed by atoms with Crippen molar-refractivity contribution < 1.29 is 4.79 Å². The molecule has 1 aliphatic rings. The smallest absolute Gasteiger partial charge is 0.257 e. The molecule has 0 unspecified atom stereocenters. The zero-order chi connectivity index (χ0) is 12.5.